The number of rotatable bonds is 3. The van der Waals surface area contributed by atoms with Gasteiger partial charge in [-0.05, 0) is 12.1 Å². The molecule has 2 aromatic heterocycles. The summed E-state index contributed by atoms with van der Waals surface area (Å²) in [5.74, 6) is -2.39. The van der Waals surface area contributed by atoms with Crippen molar-refractivity contribution in [3.63, 3.8) is 0 Å². The lowest BCUT2D eigenvalue weighted by molar-refractivity contribution is 0.337. The molecule has 0 saturated heterocycles. The molecular formula is C14H9F2N5O. The monoisotopic (exact) mass is 301 g/mol. The average molecular weight is 301 g/mol. The molecule has 110 valence electrons. The number of aromatic nitrogens is 3. The molecule has 1 aromatic carbocycles. The van der Waals surface area contributed by atoms with Crippen molar-refractivity contribution < 1.29 is 13.5 Å². The summed E-state index contributed by atoms with van der Waals surface area (Å²) < 4.78 is 34.6. The van der Waals surface area contributed by atoms with E-state index in [0.717, 1.165) is 0 Å². The molecule has 0 fully saturated rings. The molecule has 0 aliphatic heterocycles. The van der Waals surface area contributed by atoms with Gasteiger partial charge < -0.3 is 10.5 Å². The largest absolute Gasteiger partial charge is 0.476 e. The van der Waals surface area contributed by atoms with E-state index in [1.165, 1.54) is 28.9 Å². The number of ether oxygens (including phenoxy) is 1. The van der Waals surface area contributed by atoms with E-state index >= 15 is 0 Å². The molecule has 22 heavy (non-hydrogen) atoms. The van der Waals surface area contributed by atoms with E-state index in [9.17, 15) is 8.78 Å². The zero-order valence-electron chi connectivity index (χ0n) is 11.1. The van der Waals surface area contributed by atoms with E-state index in [4.69, 9.17) is 15.7 Å². The lowest BCUT2D eigenvalue weighted by Gasteiger charge is -2.08. The molecule has 0 radical (unpaired) electrons. The van der Waals surface area contributed by atoms with E-state index < -0.39 is 11.6 Å². The fourth-order valence-electron chi connectivity index (χ4n) is 2.09. The molecule has 0 amide bonds. The van der Waals surface area contributed by atoms with Crippen LogP contribution in [0.1, 0.15) is 0 Å². The van der Waals surface area contributed by atoms with Crippen molar-refractivity contribution in [3.05, 3.63) is 42.4 Å². The minimum Gasteiger partial charge on any atom is -0.476 e. The third-order valence-electron chi connectivity index (χ3n) is 3.07. The molecule has 0 bridgehead atoms. The predicted octanol–water partition coefficient (Wildman–Crippen LogP) is 2.16. The Bertz CT molecular complexity index is 900. The number of nitrogens with two attached hydrogens (primary N) is 1. The summed E-state index contributed by atoms with van der Waals surface area (Å²) in [4.78, 5) is 7.93. The van der Waals surface area contributed by atoms with Gasteiger partial charge >= 0.3 is 0 Å². The molecule has 0 saturated carbocycles. The maximum Gasteiger partial charge on any atom is 0.201 e. The SMILES string of the molecule is N#CCOc1ccc(-c2cnc3c(N)nccn23)c(F)c1F. The van der Waals surface area contributed by atoms with E-state index in [1.807, 2.05) is 0 Å². The number of hydrogen-bond donors (Lipinski definition) is 1. The van der Waals surface area contributed by atoms with Crippen LogP contribution >= 0.6 is 0 Å². The van der Waals surface area contributed by atoms with Gasteiger partial charge in [-0.1, -0.05) is 0 Å². The summed E-state index contributed by atoms with van der Waals surface area (Å²) in [5, 5.41) is 8.42. The highest BCUT2D eigenvalue weighted by atomic mass is 19.2. The second-order valence-corrected chi connectivity index (χ2v) is 4.34. The van der Waals surface area contributed by atoms with Crippen molar-refractivity contribution in [2.45, 2.75) is 0 Å². The number of anilines is 1. The molecule has 0 atom stereocenters. The summed E-state index contributed by atoms with van der Waals surface area (Å²) in [7, 11) is 0. The zero-order valence-corrected chi connectivity index (χ0v) is 11.1. The van der Waals surface area contributed by atoms with E-state index in [1.54, 1.807) is 12.3 Å². The molecule has 3 aromatic rings. The zero-order chi connectivity index (χ0) is 15.7. The third-order valence-corrected chi connectivity index (χ3v) is 3.07. The van der Waals surface area contributed by atoms with Gasteiger partial charge in [0.25, 0.3) is 0 Å². The molecule has 0 aliphatic carbocycles. The Morgan fingerprint density at radius 2 is 2.09 bits per heavy atom. The molecule has 0 unspecified atom stereocenters. The normalized spacial score (nSPS) is 10.6. The highest BCUT2D eigenvalue weighted by molar-refractivity contribution is 5.70. The minimum absolute atomic E-state index is 0.0000855. The minimum atomic E-state index is -1.16. The Morgan fingerprint density at radius 3 is 2.86 bits per heavy atom. The maximum atomic E-state index is 14.3. The Hall–Kier alpha value is -3.21. The first-order valence-electron chi connectivity index (χ1n) is 6.19. The molecular weight excluding hydrogens is 292 g/mol. The number of fused-ring (bicyclic) bond motifs is 1. The second kappa shape index (κ2) is 5.29. The van der Waals surface area contributed by atoms with E-state index in [0.29, 0.717) is 11.3 Å². The average Bonchev–Trinajstić information content (AvgIpc) is 2.94. The van der Waals surface area contributed by atoms with Crippen LogP contribution in [0, 0.1) is 23.0 Å². The number of benzene rings is 1. The lowest BCUT2D eigenvalue weighted by Crippen LogP contribution is -2.01. The second-order valence-electron chi connectivity index (χ2n) is 4.34. The van der Waals surface area contributed by atoms with Crippen molar-refractivity contribution in [2.75, 3.05) is 12.3 Å². The molecule has 6 nitrogen and oxygen atoms in total. The van der Waals surface area contributed by atoms with Gasteiger partial charge in [-0.15, -0.1) is 0 Å². The van der Waals surface area contributed by atoms with Crippen LogP contribution in [0.4, 0.5) is 14.6 Å². The fourth-order valence-corrected chi connectivity index (χ4v) is 2.09. The Kier molecular flexibility index (Phi) is 3.31. The third kappa shape index (κ3) is 2.09. The molecule has 2 heterocycles. The van der Waals surface area contributed by atoms with Crippen LogP contribution in [0.3, 0.4) is 0 Å². The van der Waals surface area contributed by atoms with Gasteiger partial charge in [0.15, 0.2) is 29.6 Å². The van der Waals surface area contributed by atoms with Crippen molar-refractivity contribution in [3.8, 4) is 23.1 Å². The van der Waals surface area contributed by atoms with Crippen molar-refractivity contribution >= 4 is 11.5 Å². The lowest BCUT2D eigenvalue weighted by atomic mass is 10.1. The number of imidazole rings is 1. The van der Waals surface area contributed by atoms with Gasteiger partial charge in [0.1, 0.15) is 6.07 Å². The van der Waals surface area contributed by atoms with E-state index in [-0.39, 0.29) is 23.7 Å². The van der Waals surface area contributed by atoms with Crippen molar-refractivity contribution in [1.29, 1.82) is 5.26 Å². The van der Waals surface area contributed by atoms with Crippen LogP contribution in [-0.2, 0) is 0 Å². The molecule has 0 aliphatic rings. The Labute approximate surface area is 123 Å². The number of nitriles is 1. The van der Waals surface area contributed by atoms with Gasteiger partial charge in [0, 0.05) is 18.0 Å². The predicted molar refractivity (Wildman–Crippen MR) is 73.9 cm³/mol. The van der Waals surface area contributed by atoms with Gasteiger partial charge in [-0.3, -0.25) is 4.40 Å². The Balaban J connectivity index is 2.14. The fraction of sp³-hybridized carbons (Fsp3) is 0.0714. The van der Waals surface area contributed by atoms with Crippen LogP contribution in [0.25, 0.3) is 16.9 Å². The van der Waals surface area contributed by atoms with Crippen molar-refractivity contribution in [2.24, 2.45) is 0 Å². The van der Waals surface area contributed by atoms with Crippen molar-refractivity contribution in [1.82, 2.24) is 14.4 Å². The summed E-state index contributed by atoms with van der Waals surface area (Å²) >= 11 is 0. The molecule has 2 N–H and O–H groups in total. The number of halogens is 2. The smallest absolute Gasteiger partial charge is 0.201 e. The first-order valence-corrected chi connectivity index (χ1v) is 6.19. The number of nitrogens with zero attached hydrogens (tertiary/aromatic N) is 4. The van der Waals surface area contributed by atoms with Crippen LogP contribution in [-0.4, -0.2) is 21.0 Å². The molecule has 8 heteroatoms. The number of hydrogen-bond acceptors (Lipinski definition) is 5. The quantitative estimate of drug-likeness (QED) is 0.800. The van der Waals surface area contributed by atoms with Crippen LogP contribution in [0.15, 0.2) is 30.7 Å². The summed E-state index contributed by atoms with van der Waals surface area (Å²) in [6.45, 7) is -0.368. The van der Waals surface area contributed by atoms with Gasteiger partial charge in [0.2, 0.25) is 5.82 Å². The van der Waals surface area contributed by atoms with Gasteiger partial charge in [-0.25, -0.2) is 14.4 Å². The first-order chi connectivity index (χ1) is 10.6. The summed E-state index contributed by atoms with van der Waals surface area (Å²) in [6, 6.07) is 4.30. The van der Waals surface area contributed by atoms with Crippen LogP contribution < -0.4 is 10.5 Å². The summed E-state index contributed by atoms with van der Waals surface area (Å²) in [6.07, 6.45) is 4.36. The van der Waals surface area contributed by atoms with Crippen LogP contribution in [0.5, 0.6) is 5.75 Å². The summed E-state index contributed by atoms with van der Waals surface area (Å²) in [5.41, 5.74) is 6.36. The Morgan fingerprint density at radius 1 is 1.27 bits per heavy atom. The molecule has 3 rings (SSSR count). The standard InChI is InChI=1S/C14H9F2N5O/c15-11-8(1-2-10(12(11)16)22-6-3-17)9-7-20-14-13(18)19-4-5-21(9)14/h1-2,4-5,7H,6H2,(H2,18,19). The van der Waals surface area contributed by atoms with Gasteiger partial charge in [-0.2, -0.15) is 9.65 Å². The molecule has 0 spiro atoms. The highest BCUT2D eigenvalue weighted by Gasteiger charge is 2.18. The van der Waals surface area contributed by atoms with Crippen LogP contribution in [0.2, 0.25) is 0 Å². The topological polar surface area (TPSA) is 89.2 Å². The van der Waals surface area contributed by atoms with Gasteiger partial charge in [0.05, 0.1) is 11.9 Å². The highest BCUT2D eigenvalue weighted by Crippen LogP contribution is 2.30. The first kappa shape index (κ1) is 13.8. The number of nitrogen functional groups attached to an aromatic ring is 1. The van der Waals surface area contributed by atoms with E-state index in [2.05, 4.69) is 9.97 Å². The maximum absolute atomic E-state index is 14.3.